The number of carboxylic acids is 1. The predicted octanol–water partition coefficient (Wildman–Crippen LogP) is -3.58. The number of benzene rings is 2. The first kappa shape index (κ1) is 32.5. The van der Waals surface area contributed by atoms with E-state index >= 15 is 0 Å². The van der Waals surface area contributed by atoms with E-state index in [1.54, 1.807) is 25.1 Å². The van der Waals surface area contributed by atoms with E-state index in [1.807, 2.05) is 12.1 Å². The summed E-state index contributed by atoms with van der Waals surface area (Å²) in [5.74, 6) is -3.79. The zero-order chi connectivity index (χ0) is 32.2. The van der Waals surface area contributed by atoms with Gasteiger partial charge in [-0.05, 0) is 30.0 Å². The minimum atomic E-state index is -4.16. The number of aliphatic hydroxyl groups excluding tert-OH is 1. The summed E-state index contributed by atoms with van der Waals surface area (Å²) in [6, 6.07) is 8.26. The lowest BCUT2D eigenvalue weighted by Crippen LogP contribution is -3.00. The molecule has 0 aliphatic carbocycles. The third-order valence-electron chi connectivity index (χ3n) is 11.2. The van der Waals surface area contributed by atoms with Crippen LogP contribution >= 0.6 is 0 Å². The molecule has 6 aliphatic rings. The van der Waals surface area contributed by atoms with Crippen molar-refractivity contribution in [2.24, 2.45) is 17.6 Å². The quantitative estimate of drug-likeness (QED) is 0.206. The fourth-order valence-electron chi connectivity index (χ4n) is 8.79. The molecule has 2 aromatic rings. The standard InChI is InChI=1S/C32H37N5O7S.ClH/c1-18-26(30(32(41)42)34-29(18)27(20(3)38)31(34)40)19(2)35-23-6-4-5-22-21(7-8-24(28(22)23)45(35,43)44)9-10-36-11-14-37(15-12-36,16-13-36)17-25(33)39;/h4-8,18,20,27,29,38H,2,9-17H2,1,3H3,(H-2,33,39,41,42);1H/t18-,20+,27+,29+,36?,37?;/m0./s1. The number of nitrogens with zero attached hydrogens (tertiary/aromatic N) is 4. The summed E-state index contributed by atoms with van der Waals surface area (Å²) in [4.78, 5) is 38.1. The highest BCUT2D eigenvalue weighted by molar-refractivity contribution is 7.93. The van der Waals surface area contributed by atoms with Gasteiger partial charge in [-0.15, -0.1) is 0 Å². The summed E-state index contributed by atoms with van der Waals surface area (Å²) in [5, 5.41) is 24.0. The van der Waals surface area contributed by atoms with E-state index in [1.165, 1.54) is 6.92 Å². The molecule has 2 bridgehead atoms. The Bertz CT molecular complexity index is 1830. The maximum absolute atomic E-state index is 14.1. The second kappa shape index (κ2) is 10.8. The number of carbonyl (C=O) groups excluding carboxylic acids is 3. The Morgan fingerprint density at radius 2 is 1.74 bits per heavy atom. The average Bonchev–Trinajstić information content (AvgIpc) is 3.38. The Balaban J connectivity index is 0.00000372. The van der Waals surface area contributed by atoms with E-state index in [4.69, 9.17) is 5.73 Å². The number of hydrogen-bond donors (Lipinski definition) is 2. The Morgan fingerprint density at radius 1 is 1.11 bits per heavy atom. The summed E-state index contributed by atoms with van der Waals surface area (Å²) in [7, 11) is -4.16. The number of fused-ring (bicyclic) bond motifs is 4. The number of quaternary nitrogens is 2. The number of amides is 2. The van der Waals surface area contributed by atoms with Crippen LogP contribution in [0, 0.1) is 11.8 Å². The lowest BCUT2D eigenvalue weighted by Gasteiger charge is -2.55. The fourth-order valence-corrected chi connectivity index (χ4v) is 10.5. The second-order valence-electron chi connectivity index (χ2n) is 13.6. The number of aliphatic carboxylic acids is 1. The first-order chi connectivity index (χ1) is 21.2. The largest absolute Gasteiger partial charge is 1.00 e. The molecule has 246 valence electrons. The number of carboxylic acid groups (broad SMARTS) is 1. The van der Waals surface area contributed by atoms with Crippen molar-refractivity contribution >= 4 is 44.3 Å². The first-order valence-corrected chi connectivity index (χ1v) is 16.9. The maximum Gasteiger partial charge on any atom is 0.272 e. The number of hydrogen-bond acceptors (Lipinski definition) is 7. The van der Waals surface area contributed by atoms with Crippen molar-refractivity contribution < 1.29 is 54.4 Å². The van der Waals surface area contributed by atoms with E-state index in [0.717, 1.165) is 81.4 Å². The van der Waals surface area contributed by atoms with Gasteiger partial charge in [0.25, 0.3) is 15.9 Å². The van der Waals surface area contributed by atoms with Crippen LogP contribution in [-0.4, -0.2) is 110 Å². The van der Waals surface area contributed by atoms with Crippen LogP contribution < -0.4 is 27.6 Å². The van der Waals surface area contributed by atoms with E-state index in [9.17, 15) is 33.0 Å². The number of rotatable bonds is 9. The molecular weight excluding hydrogens is 634 g/mol. The molecule has 8 rings (SSSR count). The number of nitrogens with two attached hydrogens (primary N) is 1. The summed E-state index contributed by atoms with van der Waals surface area (Å²) in [6.07, 6.45) is -0.256. The summed E-state index contributed by atoms with van der Waals surface area (Å²) < 4.78 is 31.1. The highest BCUT2D eigenvalue weighted by Crippen LogP contribution is 2.52. The van der Waals surface area contributed by atoms with E-state index in [0.29, 0.717) is 17.6 Å². The molecule has 3 N–H and O–H groups in total. The van der Waals surface area contributed by atoms with Crippen LogP contribution in [0.1, 0.15) is 19.4 Å². The topological polar surface area (TPSA) is 161 Å². The van der Waals surface area contributed by atoms with Crippen molar-refractivity contribution in [2.75, 3.05) is 56.7 Å². The van der Waals surface area contributed by atoms with E-state index in [2.05, 4.69) is 6.58 Å². The molecular formula is C32H38ClN5O7S. The molecule has 0 spiro atoms. The zero-order valence-electron chi connectivity index (χ0n) is 25.8. The van der Waals surface area contributed by atoms with Crippen molar-refractivity contribution in [3.63, 3.8) is 0 Å². The maximum atomic E-state index is 14.1. The number of carbonyl (C=O) groups is 3. The lowest BCUT2D eigenvalue weighted by molar-refractivity contribution is -1.08. The van der Waals surface area contributed by atoms with Gasteiger partial charge in [-0.25, -0.2) is 12.7 Å². The molecule has 4 saturated heterocycles. The highest BCUT2D eigenvalue weighted by atomic mass is 35.5. The van der Waals surface area contributed by atoms with Crippen LogP contribution in [0.15, 0.2) is 58.8 Å². The number of halogens is 1. The first-order valence-electron chi connectivity index (χ1n) is 15.5. The highest BCUT2D eigenvalue weighted by Gasteiger charge is 2.60. The molecule has 4 fully saturated rings. The minimum Gasteiger partial charge on any atom is -1.00 e. The van der Waals surface area contributed by atoms with Crippen molar-refractivity contribution in [1.82, 2.24) is 4.90 Å². The monoisotopic (exact) mass is 671 g/mol. The van der Waals surface area contributed by atoms with Gasteiger partial charge in [0.2, 0.25) is 5.91 Å². The number of allylic oxidation sites excluding steroid dienone is 1. The Kier molecular flexibility index (Phi) is 7.60. The van der Waals surface area contributed by atoms with Crippen molar-refractivity contribution in [2.45, 2.75) is 37.3 Å². The molecule has 0 aromatic heterocycles. The summed E-state index contributed by atoms with van der Waals surface area (Å²) in [6.45, 7) is 14.3. The number of β-lactam (4-membered cyclic amide) rings is 1. The van der Waals surface area contributed by atoms with Crippen LogP contribution in [0.2, 0.25) is 0 Å². The Hall–Kier alpha value is -3.49. The third kappa shape index (κ3) is 4.43. The number of sulfonamides is 1. The van der Waals surface area contributed by atoms with Gasteiger partial charge in [-0.3, -0.25) is 9.59 Å². The summed E-state index contributed by atoms with van der Waals surface area (Å²) in [5.41, 5.74) is 6.61. The van der Waals surface area contributed by atoms with Crippen molar-refractivity contribution in [3.05, 3.63) is 59.4 Å². The SMILES string of the molecule is C=C(C1=C(C(=O)[O-])N2C(=O)[C@H]([C@@H](C)O)[C@H]2[C@H]1C)N1c2cccc3c(CC[N+]45CC[N+](CC(N)=O)(CC4)CC5)ccc(c23)S1(=O)=O.[Cl-]. The molecule has 6 aliphatic heterocycles. The number of primary amides is 1. The lowest BCUT2D eigenvalue weighted by atomic mass is 9.77. The fraction of sp³-hybridized carbons (Fsp3) is 0.469. The van der Waals surface area contributed by atoms with Gasteiger partial charge >= 0.3 is 0 Å². The van der Waals surface area contributed by atoms with Gasteiger partial charge in [-0.1, -0.05) is 31.7 Å². The van der Waals surface area contributed by atoms with Crippen LogP contribution in [0.4, 0.5) is 5.69 Å². The van der Waals surface area contributed by atoms with Gasteiger partial charge in [-0.2, -0.15) is 0 Å². The molecule has 4 atom stereocenters. The third-order valence-corrected chi connectivity index (χ3v) is 13.0. The van der Waals surface area contributed by atoms with Crippen LogP contribution in [0.3, 0.4) is 0 Å². The van der Waals surface area contributed by atoms with Gasteiger partial charge < -0.3 is 47.0 Å². The van der Waals surface area contributed by atoms with Crippen molar-refractivity contribution in [1.29, 1.82) is 0 Å². The normalized spacial score (nSPS) is 31.0. The van der Waals surface area contributed by atoms with Crippen LogP contribution in [-0.2, 0) is 30.8 Å². The van der Waals surface area contributed by atoms with Gasteiger partial charge in [0.15, 0.2) is 6.54 Å². The Morgan fingerprint density at radius 3 is 2.33 bits per heavy atom. The van der Waals surface area contributed by atoms with Gasteiger partial charge in [0.05, 0.1) is 52.6 Å². The van der Waals surface area contributed by atoms with Gasteiger partial charge in [0.1, 0.15) is 39.3 Å². The molecule has 0 radical (unpaired) electrons. The molecule has 2 aromatic carbocycles. The van der Waals surface area contributed by atoms with E-state index in [-0.39, 0.29) is 34.5 Å². The van der Waals surface area contributed by atoms with Gasteiger partial charge in [0, 0.05) is 23.3 Å². The summed E-state index contributed by atoms with van der Waals surface area (Å²) >= 11 is 0. The molecule has 12 nitrogen and oxygen atoms in total. The predicted molar refractivity (Wildman–Crippen MR) is 162 cm³/mol. The zero-order valence-corrected chi connectivity index (χ0v) is 27.4. The molecule has 2 amide bonds. The number of aliphatic hydroxyl groups is 1. The molecule has 14 heteroatoms. The van der Waals surface area contributed by atoms with Crippen LogP contribution in [0.5, 0.6) is 0 Å². The average molecular weight is 672 g/mol. The molecule has 0 unspecified atom stereocenters. The Labute approximate surface area is 274 Å². The molecule has 46 heavy (non-hydrogen) atoms. The van der Waals surface area contributed by atoms with Crippen molar-refractivity contribution in [3.8, 4) is 0 Å². The van der Waals surface area contributed by atoms with E-state index < -0.39 is 51.6 Å². The smallest absolute Gasteiger partial charge is 0.272 e. The van der Waals surface area contributed by atoms with Crippen LogP contribution in [0.25, 0.3) is 10.8 Å². The minimum absolute atomic E-state index is 0. The molecule has 6 heterocycles. The molecule has 0 saturated carbocycles. The number of piperazine rings is 3. The second-order valence-corrected chi connectivity index (χ2v) is 15.3. The number of anilines is 1.